The summed E-state index contributed by atoms with van der Waals surface area (Å²) in [7, 11) is 0. The Morgan fingerprint density at radius 1 is 1.27 bits per heavy atom. The monoisotopic (exact) mass is 238 g/mol. The summed E-state index contributed by atoms with van der Waals surface area (Å²) < 4.78 is 67.7. The molecule has 84 valence electrons. The maximum Gasteiger partial charge on any atom is 0.229 e. The van der Waals surface area contributed by atoms with Crippen LogP contribution in [0.25, 0.3) is 0 Å². The Labute approximate surface area is 107 Å². The van der Waals surface area contributed by atoms with Crippen molar-refractivity contribution in [2.24, 2.45) is 0 Å². The molecule has 0 aliphatic carbocycles. The van der Waals surface area contributed by atoms with Crippen LogP contribution in [0.3, 0.4) is 0 Å². The van der Waals surface area contributed by atoms with Gasteiger partial charge >= 0.3 is 0 Å². The number of hydrogen-bond donors (Lipinski definition) is 2. The third-order valence-corrected chi connectivity index (χ3v) is 1.41. The maximum absolute atomic E-state index is 7.52. The average molecular weight is 239 g/mol. The molecule has 0 fully saturated rings. The zero-order valence-electron chi connectivity index (χ0n) is 16.9. The van der Waals surface area contributed by atoms with Gasteiger partial charge in [0.2, 0.25) is 17.2 Å². The summed E-state index contributed by atoms with van der Waals surface area (Å²) in [5.74, 6) is -0.634. The molecule has 0 bridgehead atoms. The highest BCUT2D eigenvalue weighted by Crippen LogP contribution is 2.13. The van der Waals surface area contributed by atoms with E-state index in [1.165, 1.54) is 0 Å². The molecule has 0 saturated carbocycles. The van der Waals surface area contributed by atoms with Crippen LogP contribution in [0.1, 0.15) is 39.8 Å². The number of halogens is 1. The number of nitrogens with zero attached hydrogens (tertiary/aromatic N) is 3. The molecule has 0 aromatic carbocycles. The van der Waals surface area contributed by atoms with Crippen molar-refractivity contribution in [3.63, 3.8) is 0 Å². The summed E-state index contributed by atoms with van der Waals surface area (Å²) >= 11 is 5.69. The van der Waals surface area contributed by atoms with Crippen molar-refractivity contribution in [3.05, 3.63) is 5.28 Å². The highest BCUT2D eigenvalue weighted by molar-refractivity contribution is 6.28. The molecule has 15 heavy (non-hydrogen) atoms. The van der Waals surface area contributed by atoms with Gasteiger partial charge in [0.1, 0.15) is 0 Å². The minimum absolute atomic E-state index is 0.0597. The van der Waals surface area contributed by atoms with E-state index >= 15 is 0 Å². The zero-order valence-corrected chi connectivity index (χ0v) is 8.68. The van der Waals surface area contributed by atoms with Crippen LogP contribution in [0.2, 0.25) is 5.28 Å². The third kappa shape index (κ3) is 4.29. The van der Waals surface area contributed by atoms with Gasteiger partial charge in [0.15, 0.2) is 0 Å². The molecule has 0 aliphatic heterocycles. The van der Waals surface area contributed by atoms with E-state index in [0.717, 1.165) is 0 Å². The van der Waals surface area contributed by atoms with Gasteiger partial charge in [-0.2, -0.15) is 15.0 Å². The van der Waals surface area contributed by atoms with Crippen molar-refractivity contribution < 1.29 is 12.3 Å². The second kappa shape index (κ2) is 4.61. The van der Waals surface area contributed by atoms with Gasteiger partial charge < -0.3 is 10.6 Å². The van der Waals surface area contributed by atoms with Crippen LogP contribution in [-0.2, 0) is 0 Å². The predicted molar refractivity (Wildman–Crippen MR) is 62.4 cm³/mol. The zero-order chi connectivity index (χ0) is 19.0. The predicted octanol–water partition coefficient (Wildman–Crippen LogP) is 2.17. The van der Waals surface area contributed by atoms with Crippen molar-refractivity contribution in [2.45, 2.75) is 33.0 Å². The van der Waals surface area contributed by atoms with E-state index in [1.54, 1.807) is 6.92 Å². The highest BCUT2D eigenvalue weighted by Gasteiger charge is 2.12. The van der Waals surface area contributed by atoms with Crippen molar-refractivity contribution in [1.29, 1.82) is 0 Å². The molecule has 0 amide bonds. The lowest BCUT2D eigenvalue weighted by molar-refractivity contribution is 0.625. The first-order valence-corrected chi connectivity index (χ1v) is 4.47. The van der Waals surface area contributed by atoms with Crippen LogP contribution < -0.4 is 10.6 Å². The van der Waals surface area contributed by atoms with E-state index < -0.39 is 32.0 Å². The van der Waals surface area contributed by atoms with Crippen LogP contribution in [0.15, 0.2) is 0 Å². The van der Waals surface area contributed by atoms with Crippen LogP contribution >= 0.6 is 11.6 Å². The van der Waals surface area contributed by atoms with E-state index in [-0.39, 0.29) is 11.2 Å². The standard InChI is InChI=1S/C9H16ClN5/c1-5-11-7-12-6(10)13-8(14-7)15-9(2,3)4/h5H2,1-4H3,(H2,11,12,13,14,15)/i2D3,3D3,4D3. The van der Waals surface area contributed by atoms with E-state index in [2.05, 4.69) is 20.3 Å². The van der Waals surface area contributed by atoms with Gasteiger partial charge in [-0.05, 0) is 39.1 Å². The summed E-state index contributed by atoms with van der Waals surface area (Å²) in [4.78, 5) is 11.1. The minimum Gasteiger partial charge on any atom is -0.354 e. The van der Waals surface area contributed by atoms with E-state index in [9.17, 15) is 0 Å². The Kier molecular flexibility index (Phi) is 1.36. The van der Waals surface area contributed by atoms with Crippen molar-refractivity contribution in [3.8, 4) is 0 Å². The molecule has 1 aromatic rings. The third-order valence-electron chi connectivity index (χ3n) is 1.24. The molecule has 1 heterocycles. The SMILES string of the molecule is [2H]C([2H])([2H])C(Nc1nc(Cl)nc(NCC)n1)(C([2H])([2H])[2H])C([2H])([2H])[2H]. The number of nitrogens with one attached hydrogen (secondary N) is 2. The van der Waals surface area contributed by atoms with Gasteiger partial charge in [0, 0.05) is 24.4 Å². The van der Waals surface area contributed by atoms with Gasteiger partial charge in [-0.3, -0.25) is 0 Å². The molecule has 0 unspecified atom stereocenters. The van der Waals surface area contributed by atoms with Gasteiger partial charge in [-0.1, -0.05) is 0 Å². The number of hydrogen-bond acceptors (Lipinski definition) is 5. The van der Waals surface area contributed by atoms with Gasteiger partial charge in [-0.25, -0.2) is 0 Å². The molecular formula is C9H16ClN5. The van der Waals surface area contributed by atoms with Crippen molar-refractivity contribution in [1.82, 2.24) is 15.0 Å². The average Bonchev–Trinajstić information content (AvgIpc) is 2.30. The lowest BCUT2D eigenvalue weighted by Gasteiger charge is -2.20. The summed E-state index contributed by atoms with van der Waals surface area (Å²) in [6.07, 6.45) is 0. The fourth-order valence-corrected chi connectivity index (χ4v) is 0.971. The van der Waals surface area contributed by atoms with E-state index in [1.807, 2.05) is 5.32 Å². The molecule has 2 N–H and O–H groups in total. The Balaban J connectivity index is 3.54. The van der Waals surface area contributed by atoms with Crippen LogP contribution in [0, 0.1) is 0 Å². The number of rotatable bonds is 3. The summed E-state index contributed by atoms with van der Waals surface area (Å²) in [6, 6.07) is 0. The van der Waals surface area contributed by atoms with Gasteiger partial charge in [0.25, 0.3) is 0 Å². The van der Waals surface area contributed by atoms with Gasteiger partial charge in [0.05, 0.1) is 0 Å². The summed E-state index contributed by atoms with van der Waals surface area (Å²) in [5, 5.41) is 4.30. The molecule has 6 heteroatoms. The first-order chi connectivity index (χ1) is 10.7. The smallest absolute Gasteiger partial charge is 0.229 e. The first-order valence-electron chi connectivity index (χ1n) is 8.59. The largest absolute Gasteiger partial charge is 0.354 e. The molecule has 0 spiro atoms. The normalized spacial score (nSPS) is 22.7. The second-order valence-electron chi connectivity index (χ2n) is 2.66. The summed E-state index contributed by atoms with van der Waals surface area (Å²) in [5.41, 5.74) is -3.29. The molecule has 1 rings (SSSR count). The van der Waals surface area contributed by atoms with Crippen LogP contribution in [0.5, 0.6) is 0 Å². The Morgan fingerprint density at radius 3 is 2.53 bits per heavy atom. The fourth-order valence-electron chi connectivity index (χ4n) is 0.811. The lowest BCUT2D eigenvalue weighted by atomic mass is 10.1. The molecular weight excluding hydrogens is 214 g/mol. The number of anilines is 2. The molecule has 0 atom stereocenters. The first kappa shape index (κ1) is 4.41. The second-order valence-corrected chi connectivity index (χ2v) is 3.00. The minimum atomic E-state index is -3.43. The molecule has 0 saturated heterocycles. The van der Waals surface area contributed by atoms with Crippen molar-refractivity contribution in [2.75, 3.05) is 17.2 Å². The van der Waals surface area contributed by atoms with Crippen molar-refractivity contribution >= 4 is 23.5 Å². The topological polar surface area (TPSA) is 62.7 Å². The fraction of sp³-hybridized carbons (Fsp3) is 0.667. The molecule has 5 nitrogen and oxygen atoms in total. The highest BCUT2D eigenvalue weighted by atomic mass is 35.5. The summed E-state index contributed by atoms with van der Waals surface area (Å²) in [6.45, 7) is -8.17. The Hall–Kier alpha value is -1.10. The van der Waals surface area contributed by atoms with Gasteiger partial charge in [-0.15, -0.1) is 0 Å². The van der Waals surface area contributed by atoms with E-state index in [0.29, 0.717) is 6.54 Å². The molecule has 0 radical (unpaired) electrons. The van der Waals surface area contributed by atoms with Crippen LogP contribution in [0.4, 0.5) is 11.9 Å². The Bertz CT molecular complexity index is 546. The molecule has 0 aliphatic rings. The molecule has 1 aromatic heterocycles. The Morgan fingerprint density at radius 2 is 1.93 bits per heavy atom. The van der Waals surface area contributed by atoms with E-state index in [4.69, 9.17) is 23.9 Å². The number of aromatic nitrogens is 3. The quantitative estimate of drug-likeness (QED) is 0.845. The van der Waals surface area contributed by atoms with Crippen LogP contribution in [-0.4, -0.2) is 27.0 Å². The lowest BCUT2D eigenvalue weighted by Crippen LogP contribution is -2.27. The maximum atomic E-state index is 7.52.